The number of aliphatic hydroxyl groups is 1. The van der Waals surface area contributed by atoms with Gasteiger partial charge < -0.3 is 5.11 Å². The van der Waals surface area contributed by atoms with Gasteiger partial charge in [0.15, 0.2) is 0 Å². The molecule has 0 aliphatic rings. The number of hydrogen-bond acceptors (Lipinski definition) is 1. The fraction of sp³-hybridized carbons (Fsp3) is 0.833. The van der Waals surface area contributed by atoms with Crippen molar-refractivity contribution < 1.29 is 5.11 Å². The van der Waals surface area contributed by atoms with E-state index < -0.39 is 0 Å². The van der Waals surface area contributed by atoms with Crippen molar-refractivity contribution in [3.05, 3.63) is 12.2 Å². The molecule has 0 fully saturated rings. The molecule has 0 aromatic heterocycles. The summed E-state index contributed by atoms with van der Waals surface area (Å²) in [6, 6.07) is 0. The minimum absolute atomic E-state index is 0.307. The molecular formula is C12H24O. The number of rotatable bonds is 8. The van der Waals surface area contributed by atoms with Crippen LogP contribution in [0.15, 0.2) is 12.2 Å². The van der Waals surface area contributed by atoms with Crippen molar-refractivity contribution in [1.82, 2.24) is 0 Å². The van der Waals surface area contributed by atoms with Crippen molar-refractivity contribution in [2.45, 2.75) is 52.4 Å². The third-order valence-corrected chi connectivity index (χ3v) is 2.27. The highest BCUT2D eigenvalue weighted by Crippen LogP contribution is 2.06. The average molecular weight is 184 g/mol. The summed E-state index contributed by atoms with van der Waals surface area (Å²) in [7, 11) is 0. The first-order valence-corrected chi connectivity index (χ1v) is 5.58. The van der Waals surface area contributed by atoms with Crippen molar-refractivity contribution >= 4 is 0 Å². The van der Waals surface area contributed by atoms with Crippen LogP contribution in [0.1, 0.15) is 52.4 Å². The highest BCUT2D eigenvalue weighted by atomic mass is 16.2. The van der Waals surface area contributed by atoms with E-state index in [1.165, 1.54) is 32.1 Å². The van der Waals surface area contributed by atoms with Gasteiger partial charge in [0.2, 0.25) is 0 Å². The van der Waals surface area contributed by atoms with Crippen molar-refractivity contribution in [3.8, 4) is 0 Å². The van der Waals surface area contributed by atoms with E-state index in [-0.39, 0.29) is 0 Å². The van der Waals surface area contributed by atoms with Crippen LogP contribution in [0, 0.1) is 5.92 Å². The number of allylic oxidation sites excluding steroid dienone is 2. The van der Waals surface area contributed by atoms with Gasteiger partial charge in [-0.3, -0.25) is 0 Å². The molecule has 0 aromatic carbocycles. The normalized spacial score (nSPS) is 13.8. The number of unbranched alkanes of at least 4 members (excludes halogenated alkanes) is 4. The molecule has 0 heterocycles. The second-order valence-electron chi connectivity index (χ2n) is 3.77. The van der Waals surface area contributed by atoms with Gasteiger partial charge in [0, 0.05) is 6.61 Å². The van der Waals surface area contributed by atoms with Crippen LogP contribution in [0.2, 0.25) is 0 Å². The summed E-state index contributed by atoms with van der Waals surface area (Å²) in [6.07, 6.45) is 11.9. The van der Waals surface area contributed by atoms with Crippen molar-refractivity contribution in [2.75, 3.05) is 6.61 Å². The lowest BCUT2D eigenvalue weighted by Gasteiger charge is -2.01. The summed E-state index contributed by atoms with van der Waals surface area (Å²) in [5, 5.41) is 8.68. The quantitative estimate of drug-likeness (QED) is 0.452. The van der Waals surface area contributed by atoms with Crippen LogP contribution in [-0.2, 0) is 0 Å². The maximum absolute atomic E-state index is 8.68. The summed E-state index contributed by atoms with van der Waals surface area (Å²) in [4.78, 5) is 0. The summed E-state index contributed by atoms with van der Waals surface area (Å²) in [6.45, 7) is 4.69. The van der Waals surface area contributed by atoms with E-state index in [1.54, 1.807) is 0 Å². The van der Waals surface area contributed by atoms with Gasteiger partial charge in [0.1, 0.15) is 0 Å². The Morgan fingerprint density at radius 1 is 1.23 bits per heavy atom. The summed E-state index contributed by atoms with van der Waals surface area (Å²) in [5.41, 5.74) is 0. The van der Waals surface area contributed by atoms with Gasteiger partial charge in [-0.05, 0) is 25.2 Å². The molecular weight excluding hydrogens is 160 g/mol. The fourth-order valence-corrected chi connectivity index (χ4v) is 1.32. The molecule has 0 radical (unpaired) electrons. The Hall–Kier alpha value is -0.300. The Morgan fingerprint density at radius 2 is 2.00 bits per heavy atom. The molecule has 0 unspecified atom stereocenters. The van der Waals surface area contributed by atoms with Gasteiger partial charge in [-0.15, -0.1) is 0 Å². The van der Waals surface area contributed by atoms with Crippen molar-refractivity contribution in [1.29, 1.82) is 0 Å². The molecule has 0 spiro atoms. The zero-order valence-electron chi connectivity index (χ0n) is 9.13. The summed E-state index contributed by atoms with van der Waals surface area (Å²) < 4.78 is 0. The number of aliphatic hydroxyl groups excluding tert-OH is 1. The zero-order chi connectivity index (χ0) is 9.94. The van der Waals surface area contributed by atoms with E-state index in [0.29, 0.717) is 12.5 Å². The molecule has 78 valence electrons. The maximum atomic E-state index is 8.68. The summed E-state index contributed by atoms with van der Waals surface area (Å²) >= 11 is 0. The minimum atomic E-state index is 0.307. The molecule has 0 bridgehead atoms. The van der Waals surface area contributed by atoms with Gasteiger partial charge >= 0.3 is 0 Å². The van der Waals surface area contributed by atoms with Crippen molar-refractivity contribution in [3.63, 3.8) is 0 Å². The SMILES string of the molecule is CCCCCC/C=C/[C@H](C)CCO. The zero-order valence-corrected chi connectivity index (χ0v) is 9.13. The van der Waals surface area contributed by atoms with Gasteiger partial charge in [-0.25, -0.2) is 0 Å². The lowest BCUT2D eigenvalue weighted by atomic mass is 10.1. The van der Waals surface area contributed by atoms with E-state index in [2.05, 4.69) is 26.0 Å². The molecule has 0 aliphatic carbocycles. The molecule has 0 aromatic rings. The van der Waals surface area contributed by atoms with Gasteiger partial charge in [0.05, 0.1) is 0 Å². The number of hydrogen-bond donors (Lipinski definition) is 1. The second-order valence-corrected chi connectivity index (χ2v) is 3.77. The monoisotopic (exact) mass is 184 g/mol. The van der Waals surface area contributed by atoms with E-state index in [9.17, 15) is 0 Å². The lowest BCUT2D eigenvalue weighted by Crippen LogP contribution is -1.92. The Bertz CT molecular complexity index is 118. The Balaban J connectivity index is 3.20. The minimum Gasteiger partial charge on any atom is -0.396 e. The summed E-state index contributed by atoms with van der Waals surface area (Å²) in [5.74, 6) is 0.538. The van der Waals surface area contributed by atoms with Crippen LogP contribution in [0.3, 0.4) is 0 Å². The predicted molar refractivity (Wildman–Crippen MR) is 58.8 cm³/mol. The van der Waals surface area contributed by atoms with Gasteiger partial charge in [-0.1, -0.05) is 45.3 Å². The molecule has 0 aliphatic heterocycles. The highest BCUT2D eigenvalue weighted by Gasteiger charge is 1.93. The molecule has 13 heavy (non-hydrogen) atoms. The largest absolute Gasteiger partial charge is 0.396 e. The molecule has 1 nitrogen and oxygen atoms in total. The predicted octanol–water partition coefficient (Wildman–Crippen LogP) is 3.53. The smallest absolute Gasteiger partial charge is 0.0436 e. The Morgan fingerprint density at radius 3 is 2.62 bits per heavy atom. The second kappa shape index (κ2) is 9.79. The highest BCUT2D eigenvalue weighted by molar-refractivity contribution is 4.85. The third kappa shape index (κ3) is 9.62. The first-order valence-electron chi connectivity index (χ1n) is 5.58. The van der Waals surface area contributed by atoms with Crippen LogP contribution in [0.5, 0.6) is 0 Å². The molecule has 0 saturated carbocycles. The standard InChI is InChI=1S/C12H24O/c1-3-4-5-6-7-8-9-12(2)10-11-13/h8-9,12-13H,3-7,10-11H2,1-2H3/b9-8+/t12-/m0/s1. The van der Waals surface area contributed by atoms with Crippen LogP contribution in [0.4, 0.5) is 0 Å². The van der Waals surface area contributed by atoms with E-state index >= 15 is 0 Å². The Kier molecular flexibility index (Phi) is 9.56. The average Bonchev–Trinajstić information content (AvgIpc) is 2.11. The lowest BCUT2D eigenvalue weighted by molar-refractivity contribution is 0.274. The van der Waals surface area contributed by atoms with Gasteiger partial charge in [-0.2, -0.15) is 0 Å². The molecule has 1 heteroatoms. The molecule has 1 atom stereocenters. The van der Waals surface area contributed by atoms with Gasteiger partial charge in [0.25, 0.3) is 0 Å². The van der Waals surface area contributed by atoms with Crippen LogP contribution >= 0.6 is 0 Å². The first kappa shape index (κ1) is 12.7. The van der Waals surface area contributed by atoms with Crippen LogP contribution < -0.4 is 0 Å². The van der Waals surface area contributed by atoms with E-state index in [1.807, 2.05) is 0 Å². The molecule has 0 saturated heterocycles. The maximum Gasteiger partial charge on any atom is 0.0436 e. The fourth-order valence-electron chi connectivity index (χ4n) is 1.32. The molecule has 1 N–H and O–H groups in total. The molecule has 0 rings (SSSR count). The Labute approximate surface area is 82.9 Å². The van der Waals surface area contributed by atoms with Crippen LogP contribution in [0.25, 0.3) is 0 Å². The van der Waals surface area contributed by atoms with E-state index in [4.69, 9.17) is 5.11 Å². The van der Waals surface area contributed by atoms with Crippen LogP contribution in [-0.4, -0.2) is 11.7 Å². The van der Waals surface area contributed by atoms with Crippen molar-refractivity contribution in [2.24, 2.45) is 5.92 Å². The third-order valence-electron chi connectivity index (χ3n) is 2.27. The topological polar surface area (TPSA) is 20.2 Å². The molecule has 0 amide bonds. The van der Waals surface area contributed by atoms with E-state index in [0.717, 1.165) is 6.42 Å². The first-order chi connectivity index (χ1) is 6.31.